The number of aromatic nitrogens is 2. The Balaban J connectivity index is 0.000000224. The van der Waals surface area contributed by atoms with E-state index >= 15 is 0 Å². The molecule has 0 radical (unpaired) electrons. The predicted molar refractivity (Wildman–Crippen MR) is 81.4 cm³/mol. The average molecular weight is 369 g/mol. The third kappa shape index (κ3) is 5.13. The third-order valence-corrected chi connectivity index (χ3v) is 3.10. The Morgan fingerprint density at radius 1 is 1.14 bits per heavy atom. The number of ether oxygens (including phenoxy) is 1. The quantitative estimate of drug-likeness (QED) is 0.856. The molecule has 8 heteroatoms. The van der Waals surface area contributed by atoms with E-state index < -0.39 is 11.9 Å². The molecule has 0 unspecified atom stereocenters. The van der Waals surface area contributed by atoms with Gasteiger partial charge in [0.05, 0.1) is 24.6 Å². The lowest BCUT2D eigenvalue weighted by Gasteiger charge is -2.02. The van der Waals surface area contributed by atoms with Gasteiger partial charge < -0.3 is 14.9 Å². The van der Waals surface area contributed by atoms with Crippen LogP contribution in [0.15, 0.2) is 35.1 Å². The minimum atomic E-state index is -1.05. The van der Waals surface area contributed by atoms with Crippen LogP contribution in [0.2, 0.25) is 0 Å². The summed E-state index contributed by atoms with van der Waals surface area (Å²) < 4.78 is 5.43. The van der Waals surface area contributed by atoms with Crippen molar-refractivity contribution in [2.24, 2.45) is 0 Å². The molecule has 0 atom stereocenters. The van der Waals surface area contributed by atoms with Crippen LogP contribution < -0.4 is 4.74 Å². The highest BCUT2D eigenvalue weighted by atomic mass is 79.9. The molecule has 0 bridgehead atoms. The summed E-state index contributed by atoms with van der Waals surface area (Å²) in [6.45, 7) is 1.75. The smallest absolute Gasteiger partial charge is 0.356 e. The topological polar surface area (TPSA) is 110 Å². The molecule has 0 saturated carbocycles. The Morgan fingerprint density at radius 3 is 2.27 bits per heavy atom. The van der Waals surface area contributed by atoms with Crippen LogP contribution in [0, 0.1) is 6.92 Å². The van der Waals surface area contributed by atoms with Gasteiger partial charge in [0.25, 0.3) is 0 Å². The Bertz CT molecular complexity index is 673. The maximum absolute atomic E-state index is 10.6. The molecular formula is C14H13BrN2O5. The van der Waals surface area contributed by atoms with Gasteiger partial charge in [-0.1, -0.05) is 0 Å². The SMILES string of the molecule is COc1ccc(Br)c(C(=O)O)c1.Cc1cnc(C(=O)O)cn1. The molecule has 2 rings (SSSR count). The van der Waals surface area contributed by atoms with E-state index in [2.05, 4.69) is 25.9 Å². The molecule has 0 amide bonds. The predicted octanol–water partition coefficient (Wildman–Crippen LogP) is 2.64. The van der Waals surface area contributed by atoms with Crippen molar-refractivity contribution in [2.75, 3.05) is 7.11 Å². The Morgan fingerprint density at radius 2 is 1.82 bits per heavy atom. The Labute approximate surface area is 134 Å². The summed E-state index contributed by atoms with van der Waals surface area (Å²) in [6, 6.07) is 4.80. The fraction of sp³-hybridized carbons (Fsp3) is 0.143. The van der Waals surface area contributed by atoms with Gasteiger partial charge in [-0.2, -0.15) is 0 Å². The molecule has 1 aromatic heterocycles. The first-order valence-corrected chi connectivity index (χ1v) is 6.73. The molecule has 0 aliphatic rings. The largest absolute Gasteiger partial charge is 0.497 e. The molecule has 2 N–H and O–H groups in total. The molecule has 0 fully saturated rings. The van der Waals surface area contributed by atoms with E-state index in [1.807, 2.05) is 0 Å². The minimum Gasteiger partial charge on any atom is -0.497 e. The van der Waals surface area contributed by atoms with Crippen LogP contribution in [0.4, 0.5) is 0 Å². The van der Waals surface area contributed by atoms with Gasteiger partial charge in [-0.15, -0.1) is 0 Å². The van der Waals surface area contributed by atoms with E-state index in [4.69, 9.17) is 14.9 Å². The highest BCUT2D eigenvalue weighted by molar-refractivity contribution is 9.10. The number of benzene rings is 1. The number of carboxylic acid groups (broad SMARTS) is 2. The zero-order valence-electron chi connectivity index (χ0n) is 11.8. The van der Waals surface area contributed by atoms with Crippen molar-refractivity contribution in [3.8, 4) is 5.75 Å². The number of methoxy groups -OCH3 is 1. The average Bonchev–Trinajstić information content (AvgIpc) is 2.48. The molecule has 22 heavy (non-hydrogen) atoms. The lowest BCUT2D eigenvalue weighted by Crippen LogP contribution is -2.00. The van der Waals surface area contributed by atoms with E-state index in [0.717, 1.165) is 0 Å². The molecular weight excluding hydrogens is 356 g/mol. The summed E-state index contributed by atoms with van der Waals surface area (Å²) in [5.74, 6) is -1.48. The van der Waals surface area contributed by atoms with Crippen molar-refractivity contribution in [1.82, 2.24) is 9.97 Å². The van der Waals surface area contributed by atoms with E-state index in [1.165, 1.54) is 25.6 Å². The van der Waals surface area contributed by atoms with Gasteiger partial charge in [-0.3, -0.25) is 4.98 Å². The van der Waals surface area contributed by atoms with Crippen LogP contribution in [0.3, 0.4) is 0 Å². The van der Waals surface area contributed by atoms with Gasteiger partial charge in [0.1, 0.15) is 5.75 Å². The lowest BCUT2D eigenvalue weighted by molar-refractivity contribution is 0.0681. The number of carboxylic acids is 2. The van der Waals surface area contributed by atoms with Crippen molar-refractivity contribution in [2.45, 2.75) is 6.92 Å². The second-order valence-corrected chi connectivity index (χ2v) is 4.85. The van der Waals surface area contributed by atoms with Crippen LogP contribution in [-0.4, -0.2) is 39.2 Å². The fourth-order valence-electron chi connectivity index (χ4n) is 1.30. The number of hydrogen-bond donors (Lipinski definition) is 2. The number of carbonyl (C=O) groups is 2. The molecule has 0 aliphatic heterocycles. The maximum atomic E-state index is 10.6. The maximum Gasteiger partial charge on any atom is 0.356 e. The van der Waals surface area contributed by atoms with Gasteiger partial charge in [-0.05, 0) is 41.1 Å². The van der Waals surface area contributed by atoms with Crippen LogP contribution in [0.1, 0.15) is 26.5 Å². The standard InChI is InChI=1S/C8H7BrO3.C6H6N2O2/c1-12-5-2-3-7(9)6(4-5)8(10)11;1-4-2-8-5(3-7-4)6(9)10/h2-4H,1H3,(H,10,11);2-3H,1H3,(H,9,10). The van der Waals surface area contributed by atoms with Crippen molar-refractivity contribution >= 4 is 27.9 Å². The van der Waals surface area contributed by atoms with E-state index in [-0.39, 0.29) is 11.3 Å². The summed E-state index contributed by atoms with van der Waals surface area (Å²) in [6.07, 6.45) is 2.65. The first-order valence-electron chi connectivity index (χ1n) is 5.94. The summed E-state index contributed by atoms with van der Waals surface area (Å²) >= 11 is 3.12. The Kier molecular flexibility index (Phi) is 6.46. The van der Waals surface area contributed by atoms with Crippen molar-refractivity contribution in [3.63, 3.8) is 0 Å². The van der Waals surface area contributed by atoms with Crippen LogP contribution in [-0.2, 0) is 0 Å². The number of rotatable bonds is 3. The number of aryl methyl sites for hydroxylation is 1. The molecule has 0 saturated heterocycles. The zero-order chi connectivity index (χ0) is 16.7. The van der Waals surface area contributed by atoms with E-state index in [0.29, 0.717) is 15.9 Å². The van der Waals surface area contributed by atoms with Crippen molar-refractivity contribution in [3.05, 3.63) is 52.0 Å². The second-order valence-electron chi connectivity index (χ2n) is 4.00. The highest BCUT2D eigenvalue weighted by Gasteiger charge is 2.08. The first-order chi connectivity index (χ1) is 10.3. The molecule has 1 heterocycles. The van der Waals surface area contributed by atoms with Gasteiger partial charge in [0.15, 0.2) is 5.69 Å². The molecule has 116 valence electrons. The number of nitrogens with zero attached hydrogens (tertiary/aromatic N) is 2. The monoisotopic (exact) mass is 368 g/mol. The number of hydrogen-bond acceptors (Lipinski definition) is 5. The van der Waals surface area contributed by atoms with E-state index in [9.17, 15) is 9.59 Å². The third-order valence-electron chi connectivity index (χ3n) is 2.40. The Hall–Kier alpha value is -2.48. The molecule has 2 aromatic rings. The summed E-state index contributed by atoms with van der Waals surface area (Å²) in [4.78, 5) is 28.2. The first kappa shape index (κ1) is 17.6. The molecule has 7 nitrogen and oxygen atoms in total. The van der Waals surface area contributed by atoms with Crippen molar-refractivity contribution < 1.29 is 24.5 Å². The fourth-order valence-corrected chi connectivity index (χ4v) is 1.71. The van der Waals surface area contributed by atoms with Crippen LogP contribution in [0.5, 0.6) is 5.75 Å². The van der Waals surface area contributed by atoms with Gasteiger partial charge in [0, 0.05) is 10.7 Å². The highest BCUT2D eigenvalue weighted by Crippen LogP contribution is 2.22. The lowest BCUT2D eigenvalue weighted by atomic mass is 10.2. The number of halogens is 1. The van der Waals surface area contributed by atoms with Gasteiger partial charge in [0.2, 0.25) is 0 Å². The van der Waals surface area contributed by atoms with E-state index in [1.54, 1.807) is 19.1 Å². The van der Waals surface area contributed by atoms with Crippen LogP contribution >= 0.6 is 15.9 Å². The minimum absolute atomic E-state index is 0.0226. The summed E-state index contributed by atoms with van der Waals surface area (Å²) in [5.41, 5.74) is 0.893. The molecule has 0 spiro atoms. The summed E-state index contributed by atoms with van der Waals surface area (Å²) in [7, 11) is 1.49. The van der Waals surface area contributed by atoms with Gasteiger partial charge >= 0.3 is 11.9 Å². The zero-order valence-corrected chi connectivity index (χ0v) is 13.4. The molecule has 0 aliphatic carbocycles. The van der Waals surface area contributed by atoms with Crippen molar-refractivity contribution in [1.29, 1.82) is 0 Å². The van der Waals surface area contributed by atoms with Crippen LogP contribution in [0.25, 0.3) is 0 Å². The second kappa shape index (κ2) is 8.08. The van der Waals surface area contributed by atoms with Gasteiger partial charge in [-0.25, -0.2) is 14.6 Å². The normalized spacial score (nSPS) is 9.41. The number of aromatic carboxylic acids is 2. The molecule has 1 aromatic carbocycles. The summed E-state index contributed by atoms with van der Waals surface area (Å²) in [5, 5.41) is 17.1.